The summed E-state index contributed by atoms with van der Waals surface area (Å²) in [6.07, 6.45) is 0. The van der Waals surface area contributed by atoms with E-state index >= 15 is 0 Å². The average Bonchev–Trinajstić information content (AvgIpc) is 2.40. The Hall–Kier alpha value is -2.15. The minimum Gasteiger partial charge on any atom is -0.506 e. The highest BCUT2D eigenvalue weighted by Crippen LogP contribution is 2.28. The lowest BCUT2D eigenvalue weighted by Gasteiger charge is -2.09. The molecule has 6 nitrogen and oxygen atoms in total. The molecule has 0 aliphatic heterocycles. The first-order chi connectivity index (χ1) is 9.47. The first kappa shape index (κ1) is 14.3. The molecule has 0 spiro atoms. The Morgan fingerprint density at radius 3 is 2.80 bits per heavy atom. The van der Waals surface area contributed by atoms with Gasteiger partial charge in [0.1, 0.15) is 11.4 Å². The standard InChI is InChI=1S/C13H12BrN3O3/c1-8-2-5-13(18)12(16-8)7-15-11-4-3-9(17(19)20)6-10(11)14/h2-6,15,18H,7H2,1H3. The number of non-ortho nitro benzene ring substituents is 1. The maximum absolute atomic E-state index is 10.6. The molecule has 20 heavy (non-hydrogen) atoms. The van der Waals surface area contributed by atoms with E-state index in [9.17, 15) is 15.2 Å². The van der Waals surface area contributed by atoms with Crippen LogP contribution in [-0.2, 0) is 6.54 Å². The third kappa shape index (κ3) is 3.24. The van der Waals surface area contributed by atoms with E-state index in [-0.39, 0.29) is 11.4 Å². The lowest BCUT2D eigenvalue weighted by atomic mass is 10.2. The fourth-order valence-corrected chi connectivity index (χ4v) is 2.18. The van der Waals surface area contributed by atoms with E-state index in [0.29, 0.717) is 22.4 Å². The van der Waals surface area contributed by atoms with E-state index in [1.165, 1.54) is 12.1 Å². The Balaban J connectivity index is 2.15. The van der Waals surface area contributed by atoms with E-state index in [0.717, 1.165) is 5.69 Å². The molecule has 0 saturated heterocycles. The second-order valence-electron chi connectivity index (χ2n) is 4.19. The highest BCUT2D eigenvalue weighted by Gasteiger charge is 2.10. The van der Waals surface area contributed by atoms with Gasteiger partial charge in [0.15, 0.2) is 0 Å². The van der Waals surface area contributed by atoms with Crippen LogP contribution in [0.4, 0.5) is 11.4 Å². The molecule has 0 bridgehead atoms. The van der Waals surface area contributed by atoms with Crippen molar-refractivity contribution in [2.75, 3.05) is 5.32 Å². The molecule has 7 heteroatoms. The number of nitrogens with one attached hydrogen (secondary N) is 1. The van der Waals surface area contributed by atoms with Crippen molar-refractivity contribution in [3.63, 3.8) is 0 Å². The number of nitrogens with zero attached hydrogens (tertiary/aromatic N) is 2. The fraction of sp³-hybridized carbons (Fsp3) is 0.154. The lowest BCUT2D eigenvalue weighted by molar-refractivity contribution is -0.384. The van der Waals surface area contributed by atoms with Gasteiger partial charge in [0.2, 0.25) is 0 Å². The smallest absolute Gasteiger partial charge is 0.270 e. The maximum atomic E-state index is 10.6. The third-order valence-electron chi connectivity index (χ3n) is 2.70. The number of anilines is 1. The second kappa shape index (κ2) is 5.87. The number of pyridine rings is 1. The van der Waals surface area contributed by atoms with Crippen molar-refractivity contribution < 1.29 is 10.0 Å². The Bertz CT molecular complexity index is 661. The summed E-state index contributed by atoms with van der Waals surface area (Å²) in [5.74, 6) is 0.112. The molecule has 0 atom stereocenters. The number of aromatic hydroxyl groups is 1. The number of rotatable bonds is 4. The first-order valence-electron chi connectivity index (χ1n) is 5.80. The molecule has 0 saturated carbocycles. The number of aromatic nitrogens is 1. The van der Waals surface area contributed by atoms with Gasteiger partial charge in [-0.2, -0.15) is 0 Å². The lowest BCUT2D eigenvalue weighted by Crippen LogP contribution is -2.03. The first-order valence-corrected chi connectivity index (χ1v) is 6.60. The summed E-state index contributed by atoms with van der Waals surface area (Å²) in [6.45, 7) is 2.16. The monoisotopic (exact) mass is 337 g/mol. The van der Waals surface area contributed by atoms with Crippen LogP contribution in [0.3, 0.4) is 0 Å². The zero-order valence-corrected chi connectivity index (χ0v) is 12.2. The Morgan fingerprint density at radius 2 is 2.15 bits per heavy atom. The van der Waals surface area contributed by atoms with Crippen LogP contribution in [0.25, 0.3) is 0 Å². The summed E-state index contributed by atoms with van der Waals surface area (Å²) in [5, 5.41) is 23.4. The van der Waals surface area contributed by atoms with Crippen molar-refractivity contribution >= 4 is 27.3 Å². The summed E-state index contributed by atoms with van der Waals surface area (Å²) in [6, 6.07) is 7.75. The van der Waals surface area contributed by atoms with Gasteiger partial charge >= 0.3 is 0 Å². The predicted octanol–water partition coefficient (Wildman–Crippen LogP) is 3.38. The van der Waals surface area contributed by atoms with Crippen molar-refractivity contribution in [2.45, 2.75) is 13.5 Å². The second-order valence-corrected chi connectivity index (χ2v) is 5.05. The summed E-state index contributed by atoms with van der Waals surface area (Å²) in [4.78, 5) is 14.4. The van der Waals surface area contributed by atoms with Crippen molar-refractivity contribution in [3.05, 3.63) is 56.3 Å². The molecule has 1 aromatic carbocycles. The number of benzene rings is 1. The minimum atomic E-state index is -0.456. The van der Waals surface area contributed by atoms with E-state index in [1.807, 2.05) is 6.92 Å². The maximum Gasteiger partial charge on any atom is 0.270 e. The van der Waals surface area contributed by atoms with Gasteiger partial charge in [-0.1, -0.05) is 0 Å². The van der Waals surface area contributed by atoms with Gasteiger partial charge in [0.05, 0.1) is 11.5 Å². The summed E-state index contributed by atoms with van der Waals surface area (Å²) >= 11 is 3.27. The SMILES string of the molecule is Cc1ccc(O)c(CNc2ccc([N+](=O)[O-])cc2Br)n1. The van der Waals surface area contributed by atoms with Crippen LogP contribution in [0.5, 0.6) is 5.75 Å². The van der Waals surface area contributed by atoms with E-state index in [1.54, 1.807) is 18.2 Å². The Morgan fingerprint density at radius 1 is 1.40 bits per heavy atom. The van der Waals surface area contributed by atoms with Crippen molar-refractivity contribution in [1.29, 1.82) is 0 Å². The van der Waals surface area contributed by atoms with Crippen LogP contribution in [0, 0.1) is 17.0 Å². The minimum absolute atomic E-state index is 0.0129. The molecule has 0 aliphatic rings. The third-order valence-corrected chi connectivity index (χ3v) is 3.36. The molecule has 0 radical (unpaired) electrons. The van der Waals surface area contributed by atoms with E-state index in [4.69, 9.17) is 0 Å². The van der Waals surface area contributed by atoms with Crippen LogP contribution in [0.15, 0.2) is 34.8 Å². The largest absolute Gasteiger partial charge is 0.506 e. The molecule has 2 aromatic rings. The molecule has 0 aliphatic carbocycles. The van der Waals surface area contributed by atoms with Crippen LogP contribution >= 0.6 is 15.9 Å². The van der Waals surface area contributed by atoms with Gasteiger partial charge in [-0.3, -0.25) is 15.1 Å². The number of nitro groups is 1. The summed E-state index contributed by atoms with van der Waals surface area (Å²) in [7, 11) is 0. The molecular weight excluding hydrogens is 326 g/mol. The van der Waals surface area contributed by atoms with Crippen molar-refractivity contribution in [1.82, 2.24) is 4.98 Å². The van der Waals surface area contributed by atoms with Crippen LogP contribution in [-0.4, -0.2) is 15.0 Å². The highest BCUT2D eigenvalue weighted by molar-refractivity contribution is 9.10. The molecule has 0 unspecified atom stereocenters. The quantitative estimate of drug-likeness (QED) is 0.659. The molecular formula is C13H12BrN3O3. The van der Waals surface area contributed by atoms with Crippen LogP contribution in [0.1, 0.15) is 11.4 Å². The van der Waals surface area contributed by atoms with Crippen molar-refractivity contribution in [2.24, 2.45) is 0 Å². The van der Waals surface area contributed by atoms with Crippen LogP contribution in [0.2, 0.25) is 0 Å². The average molecular weight is 338 g/mol. The Labute approximate surface area is 123 Å². The number of halogens is 1. The van der Waals surface area contributed by atoms with Crippen molar-refractivity contribution in [3.8, 4) is 5.75 Å². The molecule has 0 amide bonds. The predicted molar refractivity (Wildman–Crippen MR) is 78.8 cm³/mol. The van der Waals surface area contributed by atoms with E-state index < -0.39 is 4.92 Å². The molecule has 1 heterocycles. The number of aryl methyl sites for hydroxylation is 1. The number of nitro benzene ring substituents is 1. The molecule has 2 N–H and O–H groups in total. The summed E-state index contributed by atoms with van der Waals surface area (Å²) < 4.78 is 0.582. The van der Waals surface area contributed by atoms with E-state index in [2.05, 4.69) is 26.2 Å². The zero-order chi connectivity index (χ0) is 14.7. The highest BCUT2D eigenvalue weighted by atomic mass is 79.9. The molecule has 1 aromatic heterocycles. The number of hydrogen-bond acceptors (Lipinski definition) is 5. The Kier molecular flexibility index (Phi) is 4.19. The van der Waals surface area contributed by atoms with Gasteiger partial charge in [-0.05, 0) is 41.1 Å². The van der Waals surface area contributed by atoms with Crippen LogP contribution < -0.4 is 5.32 Å². The van der Waals surface area contributed by atoms with Gasteiger partial charge in [0.25, 0.3) is 5.69 Å². The summed E-state index contributed by atoms with van der Waals surface area (Å²) in [5.41, 5.74) is 2.04. The molecule has 2 rings (SSSR count). The van der Waals surface area contributed by atoms with Gasteiger partial charge < -0.3 is 10.4 Å². The fourth-order valence-electron chi connectivity index (χ4n) is 1.67. The van der Waals surface area contributed by atoms with Gasteiger partial charge in [-0.25, -0.2) is 0 Å². The normalized spacial score (nSPS) is 10.3. The van der Waals surface area contributed by atoms with Gasteiger partial charge in [0, 0.05) is 28.0 Å². The zero-order valence-electron chi connectivity index (χ0n) is 10.6. The topological polar surface area (TPSA) is 88.3 Å². The number of hydrogen-bond donors (Lipinski definition) is 2. The molecule has 104 valence electrons. The molecule has 0 fully saturated rings. The van der Waals surface area contributed by atoms with Gasteiger partial charge in [-0.15, -0.1) is 0 Å².